The van der Waals surface area contributed by atoms with E-state index < -0.39 is 66.2 Å². The number of carbonyl (C=O) groups excluding carboxylic acids is 3. The number of unbranched alkanes of at least 4 members (excludes halogenated alkanes) is 1. The summed E-state index contributed by atoms with van der Waals surface area (Å²) in [6.07, 6.45) is 2.41. The molecular weight excluding hydrogens is 508 g/mol. The fraction of sp³-hybridized carbons (Fsp3) is 0.500. The van der Waals surface area contributed by atoms with E-state index in [9.17, 15) is 34.2 Å². The molecule has 0 aliphatic carbocycles. The van der Waals surface area contributed by atoms with Gasteiger partial charge in [-0.1, -0.05) is 38.5 Å². The largest absolute Gasteiger partial charge is 0.481 e. The van der Waals surface area contributed by atoms with Crippen LogP contribution < -0.4 is 27.4 Å². The van der Waals surface area contributed by atoms with Crippen molar-refractivity contribution in [2.24, 2.45) is 17.4 Å². The molecule has 0 bridgehead atoms. The van der Waals surface area contributed by atoms with E-state index >= 15 is 0 Å². The van der Waals surface area contributed by atoms with E-state index in [1.807, 2.05) is 24.3 Å². The summed E-state index contributed by atoms with van der Waals surface area (Å²) in [6, 6.07) is 2.30. The average molecular weight is 547 g/mol. The lowest BCUT2D eigenvalue weighted by atomic mass is 10.0. The molecule has 2 aromatic rings. The molecule has 214 valence electrons. The maximum atomic E-state index is 13.2. The first-order valence-electron chi connectivity index (χ1n) is 12.8. The number of nitrogens with two attached hydrogens (primary N) is 2. The number of benzene rings is 1. The Bertz CT molecular complexity index is 1160. The molecule has 3 amide bonds. The van der Waals surface area contributed by atoms with Gasteiger partial charge in [-0.15, -0.1) is 0 Å². The van der Waals surface area contributed by atoms with Crippen LogP contribution in [-0.2, 0) is 30.4 Å². The highest BCUT2D eigenvalue weighted by Crippen LogP contribution is 2.19. The van der Waals surface area contributed by atoms with Crippen molar-refractivity contribution in [3.05, 3.63) is 36.0 Å². The lowest BCUT2D eigenvalue weighted by Gasteiger charge is -2.25. The topological polar surface area (TPSA) is 230 Å². The molecule has 0 saturated carbocycles. The second kappa shape index (κ2) is 14.8. The van der Waals surface area contributed by atoms with Crippen molar-refractivity contribution in [1.29, 1.82) is 0 Å². The van der Waals surface area contributed by atoms with Gasteiger partial charge in [-0.2, -0.15) is 0 Å². The van der Waals surface area contributed by atoms with Crippen LogP contribution in [0.4, 0.5) is 0 Å². The predicted octanol–water partition coefficient (Wildman–Crippen LogP) is -0.164. The van der Waals surface area contributed by atoms with E-state index in [0.29, 0.717) is 31.4 Å². The lowest BCUT2D eigenvalue weighted by molar-refractivity contribution is -0.144. The van der Waals surface area contributed by atoms with Gasteiger partial charge in [0.05, 0.1) is 12.5 Å². The normalized spacial score (nSPS) is 14.3. The number of fused-ring (bicyclic) bond motifs is 1. The molecule has 0 radical (unpaired) electrons. The number of rotatable bonds is 16. The number of aliphatic carboxylic acids is 2. The van der Waals surface area contributed by atoms with Crippen LogP contribution in [0.3, 0.4) is 0 Å². The Morgan fingerprint density at radius 1 is 0.923 bits per heavy atom. The highest BCUT2D eigenvalue weighted by atomic mass is 16.4. The van der Waals surface area contributed by atoms with E-state index in [4.69, 9.17) is 11.5 Å². The number of nitrogens with one attached hydrogen (secondary N) is 4. The molecule has 0 fully saturated rings. The van der Waals surface area contributed by atoms with Crippen molar-refractivity contribution in [1.82, 2.24) is 20.9 Å². The van der Waals surface area contributed by atoms with Gasteiger partial charge in [-0.25, -0.2) is 4.79 Å². The minimum Gasteiger partial charge on any atom is -0.481 e. The van der Waals surface area contributed by atoms with Gasteiger partial charge >= 0.3 is 11.9 Å². The van der Waals surface area contributed by atoms with Crippen molar-refractivity contribution in [3.63, 3.8) is 0 Å². The van der Waals surface area contributed by atoms with Crippen molar-refractivity contribution < 1.29 is 34.2 Å². The van der Waals surface area contributed by atoms with Gasteiger partial charge < -0.3 is 42.6 Å². The van der Waals surface area contributed by atoms with E-state index in [0.717, 1.165) is 10.9 Å². The Balaban J connectivity index is 2.29. The summed E-state index contributed by atoms with van der Waals surface area (Å²) < 4.78 is 0. The number of hydrogen-bond acceptors (Lipinski definition) is 7. The second-order valence-corrected chi connectivity index (χ2v) is 9.74. The summed E-state index contributed by atoms with van der Waals surface area (Å²) in [5.41, 5.74) is 12.8. The molecular formula is C26H38N6O7. The van der Waals surface area contributed by atoms with Crippen LogP contribution in [0.5, 0.6) is 0 Å². The number of para-hydroxylation sites is 1. The quantitative estimate of drug-likeness (QED) is 0.131. The first kappa shape index (κ1) is 31.2. The molecule has 10 N–H and O–H groups in total. The van der Waals surface area contributed by atoms with Gasteiger partial charge in [0.1, 0.15) is 18.1 Å². The summed E-state index contributed by atoms with van der Waals surface area (Å²) in [7, 11) is 0. The van der Waals surface area contributed by atoms with Crippen LogP contribution >= 0.6 is 0 Å². The Kier molecular flexibility index (Phi) is 11.9. The number of carbonyl (C=O) groups is 5. The predicted molar refractivity (Wildman–Crippen MR) is 143 cm³/mol. The molecule has 0 saturated heterocycles. The maximum absolute atomic E-state index is 13.2. The molecule has 13 nitrogen and oxygen atoms in total. The maximum Gasteiger partial charge on any atom is 0.326 e. The zero-order valence-corrected chi connectivity index (χ0v) is 22.1. The Morgan fingerprint density at radius 2 is 1.56 bits per heavy atom. The molecule has 1 aromatic heterocycles. The van der Waals surface area contributed by atoms with Gasteiger partial charge in [-0.3, -0.25) is 19.2 Å². The van der Waals surface area contributed by atoms with Crippen LogP contribution in [0.1, 0.15) is 45.1 Å². The summed E-state index contributed by atoms with van der Waals surface area (Å²) in [5.74, 6) is -5.44. The van der Waals surface area contributed by atoms with Crippen molar-refractivity contribution in [2.45, 2.75) is 70.1 Å². The molecule has 1 heterocycles. The molecule has 0 aliphatic heterocycles. The molecule has 4 unspecified atom stereocenters. The fourth-order valence-corrected chi connectivity index (χ4v) is 4.07. The van der Waals surface area contributed by atoms with Gasteiger partial charge in [0.2, 0.25) is 17.7 Å². The lowest BCUT2D eigenvalue weighted by Crippen LogP contribution is -2.58. The van der Waals surface area contributed by atoms with Crippen molar-refractivity contribution in [2.75, 3.05) is 6.54 Å². The third kappa shape index (κ3) is 9.37. The van der Waals surface area contributed by atoms with Gasteiger partial charge in [-0.05, 0) is 36.9 Å². The monoisotopic (exact) mass is 546 g/mol. The molecule has 0 aliphatic rings. The molecule has 39 heavy (non-hydrogen) atoms. The second-order valence-electron chi connectivity index (χ2n) is 9.74. The third-order valence-corrected chi connectivity index (χ3v) is 6.28. The SMILES string of the molecule is CC(C)C(NC(=O)C(Cc1c[nH]c2ccccc12)NC(=O)C(CC(=O)O)NC(=O)C(N)CCCCN)C(=O)O. The van der Waals surface area contributed by atoms with Crippen LogP contribution in [-0.4, -0.2) is 75.6 Å². The molecule has 13 heteroatoms. The zero-order valence-electron chi connectivity index (χ0n) is 22.1. The molecule has 1 aromatic carbocycles. The highest BCUT2D eigenvalue weighted by Gasteiger charge is 2.32. The Labute approximate surface area is 226 Å². The van der Waals surface area contributed by atoms with Crippen LogP contribution in [0.15, 0.2) is 30.5 Å². The van der Waals surface area contributed by atoms with E-state index in [1.165, 1.54) is 0 Å². The number of amides is 3. The van der Waals surface area contributed by atoms with E-state index in [2.05, 4.69) is 20.9 Å². The van der Waals surface area contributed by atoms with E-state index in [1.54, 1.807) is 20.0 Å². The van der Waals surface area contributed by atoms with Gasteiger partial charge in [0.25, 0.3) is 0 Å². The number of hydrogen-bond donors (Lipinski definition) is 8. The summed E-state index contributed by atoms with van der Waals surface area (Å²) in [5, 5.41) is 27.0. The summed E-state index contributed by atoms with van der Waals surface area (Å²) in [4.78, 5) is 65.2. The summed E-state index contributed by atoms with van der Waals surface area (Å²) >= 11 is 0. The number of aromatic amines is 1. The Morgan fingerprint density at radius 3 is 2.18 bits per heavy atom. The van der Waals surface area contributed by atoms with Crippen molar-refractivity contribution in [3.8, 4) is 0 Å². The van der Waals surface area contributed by atoms with Crippen molar-refractivity contribution >= 4 is 40.6 Å². The number of carboxylic acid groups (broad SMARTS) is 2. The van der Waals surface area contributed by atoms with Crippen LogP contribution in [0.2, 0.25) is 0 Å². The van der Waals surface area contributed by atoms with Gasteiger partial charge in [0, 0.05) is 23.5 Å². The average Bonchev–Trinajstić information content (AvgIpc) is 3.28. The Hall–Kier alpha value is -3.97. The minimum absolute atomic E-state index is 0.0294. The molecule has 0 spiro atoms. The highest BCUT2D eigenvalue weighted by molar-refractivity contribution is 5.96. The van der Waals surface area contributed by atoms with Crippen LogP contribution in [0, 0.1) is 5.92 Å². The zero-order chi connectivity index (χ0) is 29.1. The first-order valence-corrected chi connectivity index (χ1v) is 12.8. The number of H-pyrrole nitrogens is 1. The molecule has 4 atom stereocenters. The first-order chi connectivity index (χ1) is 18.4. The summed E-state index contributed by atoms with van der Waals surface area (Å²) in [6.45, 7) is 3.68. The van der Waals surface area contributed by atoms with Crippen LogP contribution in [0.25, 0.3) is 10.9 Å². The minimum atomic E-state index is -1.52. The molecule has 2 rings (SSSR count). The number of aromatic nitrogens is 1. The fourth-order valence-electron chi connectivity index (χ4n) is 4.07. The smallest absolute Gasteiger partial charge is 0.326 e. The third-order valence-electron chi connectivity index (χ3n) is 6.28. The van der Waals surface area contributed by atoms with E-state index in [-0.39, 0.29) is 6.42 Å². The standard InChI is InChI=1S/C26H38N6O7/c1-14(2)22(26(38)39)32-25(37)19(11-15-13-29-18-9-4-3-7-16(15)18)31-24(36)20(12-21(33)34)30-23(35)17(28)8-5-6-10-27/h3-4,7,9,13-14,17,19-20,22,29H,5-6,8,10-12,27-28H2,1-2H3,(H,30,35)(H,31,36)(H,32,37)(H,33,34)(H,38,39). The number of carboxylic acids is 2. The van der Waals surface area contributed by atoms with Gasteiger partial charge in [0.15, 0.2) is 0 Å².